The molecule has 3 aromatic rings. The van der Waals surface area contributed by atoms with Crippen molar-refractivity contribution >= 4 is 23.1 Å². The number of rotatable bonds is 6. The molecule has 0 atom stereocenters. The highest BCUT2D eigenvalue weighted by Crippen LogP contribution is 2.29. The number of phenols is 1. The Bertz CT molecular complexity index is 1160. The zero-order valence-corrected chi connectivity index (χ0v) is 19.1. The van der Waals surface area contributed by atoms with Crippen molar-refractivity contribution < 1.29 is 19.1 Å². The number of Topliss-reactive ketones (excluding diaryl/α,β-unsaturated/α-hetero) is 1. The van der Waals surface area contributed by atoms with Gasteiger partial charge in [0.2, 0.25) is 0 Å². The molecule has 1 aliphatic heterocycles. The lowest BCUT2D eigenvalue weighted by atomic mass is 10.0. The van der Waals surface area contributed by atoms with E-state index in [1.807, 2.05) is 12.1 Å². The van der Waals surface area contributed by atoms with Gasteiger partial charge in [-0.05, 0) is 80.2 Å². The first-order valence-electron chi connectivity index (χ1n) is 11.4. The minimum Gasteiger partial charge on any atom is -0.506 e. The summed E-state index contributed by atoms with van der Waals surface area (Å²) in [6.07, 6.45) is 1.05. The Morgan fingerprint density at radius 2 is 1.62 bits per heavy atom. The normalized spacial score (nSPS) is 14.5. The molecule has 0 radical (unpaired) electrons. The van der Waals surface area contributed by atoms with Gasteiger partial charge < -0.3 is 20.2 Å². The first kappa shape index (κ1) is 23.4. The number of carbonyl (C=O) groups is 2. The van der Waals surface area contributed by atoms with Crippen molar-refractivity contribution in [3.8, 4) is 5.75 Å². The maximum absolute atomic E-state index is 13.2. The van der Waals surface area contributed by atoms with Crippen LogP contribution in [0.3, 0.4) is 0 Å². The molecule has 176 valence electrons. The quantitative estimate of drug-likeness (QED) is 0.422. The Balaban J connectivity index is 1.47. The van der Waals surface area contributed by atoms with Crippen LogP contribution in [-0.2, 0) is 6.42 Å². The molecule has 6 nitrogen and oxygen atoms in total. The first-order chi connectivity index (χ1) is 16.4. The van der Waals surface area contributed by atoms with Gasteiger partial charge in [-0.3, -0.25) is 9.59 Å². The monoisotopic (exact) mass is 461 g/mol. The molecular weight excluding hydrogens is 433 g/mol. The van der Waals surface area contributed by atoms with Crippen LogP contribution in [0.2, 0.25) is 0 Å². The minimum atomic E-state index is -0.420. The molecule has 0 unspecified atom stereocenters. The highest BCUT2D eigenvalue weighted by Gasteiger charge is 2.17. The van der Waals surface area contributed by atoms with Crippen LogP contribution in [0.1, 0.15) is 32.7 Å². The number of nitrogens with zero attached hydrogens (tertiary/aromatic N) is 2. The van der Waals surface area contributed by atoms with E-state index < -0.39 is 5.82 Å². The molecule has 1 saturated heterocycles. The van der Waals surface area contributed by atoms with Gasteiger partial charge in [-0.2, -0.15) is 0 Å². The summed E-state index contributed by atoms with van der Waals surface area (Å²) in [5.74, 6) is -1.16. The van der Waals surface area contributed by atoms with Crippen LogP contribution < -0.4 is 10.2 Å². The number of para-hydroxylation sites is 1. The van der Waals surface area contributed by atoms with Crippen molar-refractivity contribution in [1.29, 1.82) is 0 Å². The molecular formula is C27H28FN3O3. The van der Waals surface area contributed by atoms with Crippen molar-refractivity contribution in [3.63, 3.8) is 0 Å². The Hall–Kier alpha value is -3.71. The van der Waals surface area contributed by atoms with E-state index in [0.29, 0.717) is 16.7 Å². The van der Waals surface area contributed by atoms with Crippen LogP contribution in [0.15, 0.2) is 66.7 Å². The SMILES string of the molecule is CN1CCCN(c2ccc(C(=O)Nc3c(O)cccc3CC(=O)c3ccc(F)cc3)cc2)CC1. The number of aromatic hydroxyl groups is 1. The molecule has 1 aliphatic rings. The lowest BCUT2D eigenvalue weighted by Gasteiger charge is -2.23. The van der Waals surface area contributed by atoms with Gasteiger partial charge in [0.1, 0.15) is 11.6 Å². The van der Waals surface area contributed by atoms with Crippen molar-refractivity contribution in [2.24, 2.45) is 0 Å². The van der Waals surface area contributed by atoms with E-state index in [-0.39, 0.29) is 29.5 Å². The second kappa shape index (κ2) is 10.5. The van der Waals surface area contributed by atoms with Crippen molar-refractivity contribution in [2.45, 2.75) is 12.8 Å². The number of benzene rings is 3. The lowest BCUT2D eigenvalue weighted by Crippen LogP contribution is -2.28. The molecule has 0 aromatic heterocycles. The number of hydrogen-bond donors (Lipinski definition) is 2. The maximum atomic E-state index is 13.2. The maximum Gasteiger partial charge on any atom is 0.255 e. The summed E-state index contributed by atoms with van der Waals surface area (Å²) in [7, 11) is 2.12. The highest BCUT2D eigenvalue weighted by molar-refractivity contribution is 6.06. The van der Waals surface area contributed by atoms with Crippen LogP contribution in [0.4, 0.5) is 15.8 Å². The predicted molar refractivity (Wildman–Crippen MR) is 131 cm³/mol. The van der Waals surface area contributed by atoms with Gasteiger partial charge in [0.25, 0.3) is 5.91 Å². The van der Waals surface area contributed by atoms with Crippen LogP contribution in [0.5, 0.6) is 5.75 Å². The molecule has 1 fully saturated rings. The van der Waals surface area contributed by atoms with E-state index in [0.717, 1.165) is 38.3 Å². The summed E-state index contributed by atoms with van der Waals surface area (Å²) in [6, 6.07) is 17.4. The van der Waals surface area contributed by atoms with Crippen LogP contribution in [-0.4, -0.2) is 54.9 Å². The third kappa shape index (κ3) is 5.61. The minimum absolute atomic E-state index is 0.0437. The zero-order valence-electron chi connectivity index (χ0n) is 19.1. The lowest BCUT2D eigenvalue weighted by molar-refractivity contribution is 0.0988. The van der Waals surface area contributed by atoms with E-state index in [1.54, 1.807) is 24.3 Å². The van der Waals surface area contributed by atoms with Crippen molar-refractivity contribution in [1.82, 2.24) is 4.90 Å². The van der Waals surface area contributed by atoms with Gasteiger partial charge in [-0.25, -0.2) is 4.39 Å². The van der Waals surface area contributed by atoms with Gasteiger partial charge in [0.15, 0.2) is 5.78 Å². The van der Waals surface area contributed by atoms with Gasteiger partial charge in [-0.15, -0.1) is 0 Å². The summed E-state index contributed by atoms with van der Waals surface area (Å²) < 4.78 is 13.2. The number of hydrogen-bond acceptors (Lipinski definition) is 5. The second-order valence-corrected chi connectivity index (χ2v) is 8.56. The molecule has 0 bridgehead atoms. The van der Waals surface area contributed by atoms with Gasteiger partial charge >= 0.3 is 0 Å². The van der Waals surface area contributed by atoms with E-state index in [1.165, 1.54) is 30.3 Å². The largest absolute Gasteiger partial charge is 0.506 e. The molecule has 4 rings (SSSR count). The standard InChI is InChI=1S/C27H28FN3O3/c1-30-14-3-15-31(17-16-30)23-12-8-20(9-13-23)27(34)29-26-21(4-2-5-24(26)32)18-25(33)19-6-10-22(28)11-7-19/h2,4-13,32H,3,14-18H2,1H3,(H,29,34). The van der Waals surface area contributed by atoms with Gasteiger partial charge in [-0.1, -0.05) is 12.1 Å². The Morgan fingerprint density at radius 1 is 0.912 bits per heavy atom. The molecule has 0 saturated carbocycles. The molecule has 1 amide bonds. The summed E-state index contributed by atoms with van der Waals surface area (Å²) in [5.41, 5.74) is 2.56. The number of likely N-dealkylation sites (N-methyl/N-ethyl adjacent to an activating group) is 1. The fourth-order valence-corrected chi connectivity index (χ4v) is 4.10. The Morgan fingerprint density at radius 3 is 2.35 bits per heavy atom. The van der Waals surface area contributed by atoms with Crippen molar-refractivity contribution in [3.05, 3.63) is 89.2 Å². The van der Waals surface area contributed by atoms with E-state index in [4.69, 9.17) is 0 Å². The highest BCUT2D eigenvalue weighted by atomic mass is 19.1. The number of carbonyl (C=O) groups excluding carboxylic acids is 2. The molecule has 34 heavy (non-hydrogen) atoms. The fourth-order valence-electron chi connectivity index (χ4n) is 4.10. The number of anilines is 2. The molecule has 2 N–H and O–H groups in total. The van der Waals surface area contributed by atoms with Gasteiger partial charge in [0, 0.05) is 42.9 Å². The Labute approximate surface area is 198 Å². The third-order valence-electron chi connectivity index (χ3n) is 6.10. The number of phenolic OH excluding ortho intramolecular Hbond substituents is 1. The average molecular weight is 462 g/mol. The van der Waals surface area contributed by atoms with E-state index in [2.05, 4.69) is 22.2 Å². The summed E-state index contributed by atoms with van der Waals surface area (Å²) >= 11 is 0. The fraction of sp³-hybridized carbons (Fsp3) is 0.259. The van der Waals surface area contributed by atoms with Crippen LogP contribution in [0.25, 0.3) is 0 Å². The smallest absolute Gasteiger partial charge is 0.255 e. The molecule has 7 heteroatoms. The number of ketones is 1. The molecule has 1 heterocycles. The summed E-state index contributed by atoms with van der Waals surface area (Å²) in [5, 5.41) is 13.1. The molecule has 0 spiro atoms. The summed E-state index contributed by atoms with van der Waals surface area (Å²) in [4.78, 5) is 30.2. The van der Waals surface area contributed by atoms with E-state index >= 15 is 0 Å². The molecule has 0 aliphatic carbocycles. The first-order valence-corrected chi connectivity index (χ1v) is 11.4. The van der Waals surface area contributed by atoms with Gasteiger partial charge in [0.05, 0.1) is 5.69 Å². The van der Waals surface area contributed by atoms with E-state index in [9.17, 15) is 19.1 Å². The third-order valence-corrected chi connectivity index (χ3v) is 6.10. The average Bonchev–Trinajstić information content (AvgIpc) is 3.06. The van der Waals surface area contributed by atoms with Crippen LogP contribution >= 0.6 is 0 Å². The number of halogens is 1. The summed E-state index contributed by atoms with van der Waals surface area (Å²) in [6.45, 7) is 3.98. The molecule has 3 aromatic carbocycles. The topological polar surface area (TPSA) is 72.9 Å². The predicted octanol–water partition coefficient (Wildman–Crippen LogP) is 4.35. The van der Waals surface area contributed by atoms with Crippen molar-refractivity contribution in [2.75, 3.05) is 43.4 Å². The second-order valence-electron chi connectivity index (χ2n) is 8.56. The van der Waals surface area contributed by atoms with Crippen LogP contribution in [0, 0.1) is 5.82 Å². The zero-order chi connectivity index (χ0) is 24.1. The number of nitrogens with one attached hydrogen (secondary N) is 1. The number of amides is 1. The Kier molecular flexibility index (Phi) is 7.23.